The van der Waals surface area contributed by atoms with Gasteiger partial charge >= 0.3 is 0 Å². The molecule has 13 aromatic carbocycles. The molecule has 0 aliphatic carbocycles. The van der Waals surface area contributed by atoms with Crippen molar-refractivity contribution in [2.24, 2.45) is 5.92 Å². The van der Waals surface area contributed by atoms with Crippen molar-refractivity contribution in [3.63, 3.8) is 0 Å². The summed E-state index contributed by atoms with van der Waals surface area (Å²) in [6.45, 7) is 6.88. The number of aromatic nitrogens is 1. The highest BCUT2D eigenvalue weighted by Gasteiger charge is 2.50. The van der Waals surface area contributed by atoms with Crippen LogP contribution in [0.1, 0.15) is 20.8 Å². The zero-order valence-electron chi connectivity index (χ0n) is 50.7. The van der Waals surface area contributed by atoms with Crippen molar-refractivity contribution in [1.29, 1.82) is 0 Å². The maximum Gasteiger partial charge on any atom is 0.252 e. The van der Waals surface area contributed by atoms with Gasteiger partial charge in [0, 0.05) is 90.6 Å². The second kappa shape index (κ2) is 19.9. The van der Waals surface area contributed by atoms with Crippen molar-refractivity contribution in [2.45, 2.75) is 26.8 Å². The fraction of sp³-hybridized carbons (Fsp3) is 0.0602. The molecular weight excluding hydrogens is 1100 g/mol. The van der Waals surface area contributed by atoms with Gasteiger partial charge in [-0.1, -0.05) is 226 Å². The highest BCUT2D eigenvalue weighted by atomic mass is 16.3. The lowest BCUT2D eigenvalue weighted by Gasteiger charge is -2.49. The predicted octanol–water partition coefficient (Wildman–Crippen LogP) is 17.9. The van der Waals surface area contributed by atoms with Crippen LogP contribution in [0.2, 0.25) is 0 Å². The maximum absolute atomic E-state index is 7.25. The van der Waals surface area contributed by atoms with Gasteiger partial charge in [0.05, 0.1) is 33.5 Å². The summed E-state index contributed by atoms with van der Waals surface area (Å²) in [7, 11) is 0. The number of anilines is 11. The minimum atomic E-state index is -0.206. The van der Waals surface area contributed by atoms with Gasteiger partial charge in [0.25, 0.3) is 13.4 Å². The summed E-state index contributed by atoms with van der Waals surface area (Å²) in [5, 5.41) is 4.67. The summed E-state index contributed by atoms with van der Waals surface area (Å²) >= 11 is 0. The molecule has 2 aromatic heterocycles. The molecule has 15 aromatic rings. The van der Waals surface area contributed by atoms with Gasteiger partial charge in [-0.3, -0.25) is 0 Å². The van der Waals surface area contributed by atoms with Crippen LogP contribution in [0.5, 0.6) is 0 Å². The molecule has 8 heteroatoms. The molecule has 4 aliphatic rings. The van der Waals surface area contributed by atoms with Crippen molar-refractivity contribution in [3.8, 4) is 27.9 Å². The normalized spacial score (nSPS) is 13.8. The van der Waals surface area contributed by atoms with Crippen LogP contribution in [-0.4, -0.2) is 24.0 Å². The van der Waals surface area contributed by atoms with E-state index in [1.165, 1.54) is 77.3 Å². The van der Waals surface area contributed by atoms with E-state index >= 15 is 0 Å². The van der Waals surface area contributed by atoms with Gasteiger partial charge < -0.3 is 28.6 Å². The molecule has 4 aliphatic heterocycles. The fourth-order valence-corrected chi connectivity index (χ4v) is 16.2. The van der Waals surface area contributed by atoms with Gasteiger partial charge in [-0.2, -0.15) is 0 Å². The summed E-state index contributed by atoms with van der Waals surface area (Å²) in [5.41, 5.74) is 30.1. The first-order chi connectivity index (χ1) is 45.0. The second-order valence-electron chi connectivity index (χ2n) is 25.3. The number of furan rings is 1. The van der Waals surface area contributed by atoms with E-state index in [0.29, 0.717) is 0 Å². The quantitative estimate of drug-likeness (QED) is 0.142. The van der Waals surface area contributed by atoms with E-state index in [1.807, 2.05) is 0 Å². The Morgan fingerprint density at radius 2 is 0.813 bits per heavy atom. The molecular formula is C83H59B2N5O. The van der Waals surface area contributed by atoms with Gasteiger partial charge in [-0.05, 0) is 130 Å². The third-order valence-electron chi connectivity index (χ3n) is 20.3. The Morgan fingerprint density at radius 1 is 0.319 bits per heavy atom. The monoisotopic (exact) mass is 1160 g/mol. The number of hydrogen-bond acceptors (Lipinski definition) is 5. The molecule has 0 radical (unpaired) electrons. The van der Waals surface area contributed by atoms with Crippen LogP contribution in [0, 0.1) is 5.92 Å². The molecule has 91 heavy (non-hydrogen) atoms. The lowest BCUT2D eigenvalue weighted by molar-refractivity contribution is 0.519. The maximum atomic E-state index is 7.25. The largest absolute Gasteiger partial charge is 0.456 e. The van der Waals surface area contributed by atoms with Gasteiger partial charge in [0.15, 0.2) is 0 Å². The Labute approximate surface area is 529 Å². The Hall–Kier alpha value is -11.2. The van der Waals surface area contributed by atoms with Crippen molar-refractivity contribution in [2.75, 3.05) is 19.6 Å². The molecule has 428 valence electrons. The van der Waals surface area contributed by atoms with Crippen LogP contribution in [0.15, 0.2) is 296 Å². The Morgan fingerprint density at radius 3 is 1.42 bits per heavy atom. The van der Waals surface area contributed by atoms with E-state index in [-0.39, 0.29) is 25.4 Å². The first-order valence-corrected chi connectivity index (χ1v) is 32.0. The summed E-state index contributed by atoms with van der Waals surface area (Å²) in [6.07, 6.45) is 0. The molecule has 0 bridgehead atoms. The van der Waals surface area contributed by atoms with E-state index in [9.17, 15) is 0 Å². The number of nitrogens with zero attached hydrogens (tertiary/aromatic N) is 5. The smallest absolute Gasteiger partial charge is 0.252 e. The average molecular weight is 1160 g/mol. The molecule has 19 rings (SSSR count). The number of benzene rings is 13. The second-order valence-corrected chi connectivity index (χ2v) is 25.3. The van der Waals surface area contributed by atoms with E-state index < -0.39 is 0 Å². The Bertz CT molecular complexity index is 5400. The number of fused-ring (bicyclic) bond motifs is 16. The van der Waals surface area contributed by atoms with Crippen LogP contribution in [-0.2, 0) is 0 Å². The first-order valence-electron chi connectivity index (χ1n) is 32.0. The van der Waals surface area contributed by atoms with Crippen LogP contribution in [0.25, 0.3) is 71.7 Å². The topological polar surface area (TPSA) is 31.0 Å². The number of para-hydroxylation sites is 8. The van der Waals surface area contributed by atoms with Crippen LogP contribution >= 0.6 is 0 Å². The van der Waals surface area contributed by atoms with Crippen LogP contribution in [0.4, 0.5) is 62.6 Å². The van der Waals surface area contributed by atoms with Crippen molar-refractivity contribution >= 4 is 153 Å². The molecule has 0 saturated heterocycles. The predicted molar refractivity (Wildman–Crippen MR) is 385 cm³/mol. The van der Waals surface area contributed by atoms with E-state index in [4.69, 9.17) is 4.42 Å². The fourth-order valence-electron chi connectivity index (χ4n) is 16.2. The Balaban J connectivity index is 1.01. The molecule has 0 spiro atoms. The third kappa shape index (κ3) is 7.39. The Kier molecular flexibility index (Phi) is 11.3. The molecule has 1 unspecified atom stereocenters. The zero-order chi connectivity index (χ0) is 60.2. The SMILES string of the molecule is CC(C)C(C)N1c2cc3c(cc2B2c4ccccc4N(c4ccccc4)c4c2c1cc1c4c2ccccc2n1-c1ccccc1)B1c2ccccc2N(c2ccccc2)c2c1c(cc1oc4ccccc4c21)N3c1c(-c2ccccc2)cccc1-c1ccccc1. The molecule has 0 amide bonds. The summed E-state index contributed by atoms with van der Waals surface area (Å²) in [5.74, 6) is 0.256. The molecule has 1 atom stereocenters. The summed E-state index contributed by atoms with van der Waals surface area (Å²) in [6, 6.07) is 109. The number of hydrogen-bond donors (Lipinski definition) is 0. The third-order valence-corrected chi connectivity index (χ3v) is 20.3. The van der Waals surface area contributed by atoms with Crippen LogP contribution < -0.4 is 52.4 Å². The summed E-state index contributed by atoms with van der Waals surface area (Å²) < 4.78 is 9.76. The molecule has 0 N–H and O–H groups in total. The van der Waals surface area contributed by atoms with E-state index in [2.05, 4.69) is 336 Å². The minimum absolute atomic E-state index is 0.0497. The van der Waals surface area contributed by atoms with E-state index in [1.54, 1.807) is 0 Å². The lowest BCUT2D eigenvalue weighted by atomic mass is 9.30. The van der Waals surface area contributed by atoms with E-state index in [0.717, 1.165) is 89.7 Å². The summed E-state index contributed by atoms with van der Waals surface area (Å²) in [4.78, 5) is 10.6. The lowest BCUT2D eigenvalue weighted by Crippen LogP contribution is -2.66. The van der Waals surface area contributed by atoms with Gasteiger partial charge in [-0.15, -0.1) is 0 Å². The number of rotatable bonds is 8. The van der Waals surface area contributed by atoms with Crippen molar-refractivity contribution in [1.82, 2.24) is 4.57 Å². The van der Waals surface area contributed by atoms with Gasteiger partial charge in [0.2, 0.25) is 0 Å². The standard InChI is InChI=1S/C83H59B2N5O/c1-52(2)53(3)86-70-49-71-66(48-65(70)84-63-42-21-24-45-68(63)88(57-34-15-7-16-35-57)82-77-61-38-19-23-44-67(61)87(56-32-13-6-14-33-56)72(77)50-73(86)79(82)84)85-64-43-22-25-46-69(64)89(58-36-17-8-18-37-58)83-78-62-39-20-26-47-75(62)91-76(78)51-74(80(83)85)90(71)81-59(54-28-9-4-10-29-54)40-27-41-60(81)55-30-11-5-12-31-55/h4-53H,1-3H3. The van der Waals surface area contributed by atoms with Crippen molar-refractivity contribution < 1.29 is 4.42 Å². The van der Waals surface area contributed by atoms with Crippen molar-refractivity contribution in [3.05, 3.63) is 291 Å². The highest BCUT2D eigenvalue weighted by molar-refractivity contribution is 7.03. The first kappa shape index (κ1) is 51.8. The minimum Gasteiger partial charge on any atom is -0.456 e. The zero-order valence-corrected chi connectivity index (χ0v) is 50.7. The molecule has 6 heterocycles. The molecule has 6 nitrogen and oxygen atoms in total. The highest BCUT2D eigenvalue weighted by Crippen LogP contribution is 2.55. The van der Waals surface area contributed by atoms with Crippen LogP contribution in [0.3, 0.4) is 0 Å². The molecule has 0 fully saturated rings. The van der Waals surface area contributed by atoms with Gasteiger partial charge in [-0.25, -0.2) is 0 Å². The average Bonchev–Trinajstić information content (AvgIpc) is 1.64. The molecule has 0 saturated carbocycles. The van der Waals surface area contributed by atoms with Gasteiger partial charge in [0.1, 0.15) is 11.2 Å².